The van der Waals surface area contributed by atoms with E-state index in [-0.39, 0.29) is 10.2 Å². The van der Waals surface area contributed by atoms with E-state index in [1.54, 1.807) is 0 Å². The molecule has 0 spiro atoms. The molecule has 2 N–H and O–H groups in total. The molecule has 0 saturated carbocycles. The van der Waals surface area contributed by atoms with Crippen molar-refractivity contribution in [2.45, 2.75) is 6.04 Å². The molecule has 0 aromatic heterocycles. The van der Waals surface area contributed by atoms with Crippen LogP contribution in [0.5, 0.6) is 0 Å². The van der Waals surface area contributed by atoms with E-state index in [0.29, 0.717) is 17.3 Å². The van der Waals surface area contributed by atoms with Gasteiger partial charge in [-0.25, -0.2) is 13.2 Å². The highest BCUT2D eigenvalue weighted by molar-refractivity contribution is 9.10. The smallest absolute Gasteiger partial charge is 0.251 e. The van der Waals surface area contributed by atoms with Gasteiger partial charge < -0.3 is 10.6 Å². The summed E-state index contributed by atoms with van der Waals surface area (Å²) in [5, 5.41) is 5.24. The first kappa shape index (κ1) is 13.9. The number of nitrogens with one attached hydrogen (secondary N) is 2. The van der Waals surface area contributed by atoms with Crippen molar-refractivity contribution in [2.24, 2.45) is 0 Å². The lowest BCUT2D eigenvalue weighted by Gasteiger charge is -2.15. The summed E-state index contributed by atoms with van der Waals surface area (Å²) >= 11 is 3.03. The summed E-state index contributed by atoms with van der Waals surface area (Å²) in [6.45, 7) is 0. The molecule has 1 atom stereocenters. The summed E-state index contributed by atoms with van der Waals surface area (Å²) in [5.41, 5.74) is 0.766. The number of carbonyl (C=O) groups excluding carboxylic acids is 1. The standard InChI is InChI=1S/C14H8BrF3N2O/c15-9-4-7(17)5-10(18)13(9)20-12-8-3-6(16)1-2-11(8)19-14(12)21/h1-5,12,20H,(H,19,21). The molecule has 2 aromatic rings. The van der Waals surface area contributed by atoms with Crippen molar-refractivity contribution >= 4 is 33.2 Å². The van der Waals surface area contributed by atoms with E-state index in [2.05, 4.69) is 26.6 Å². The molecule has 1 aliphatic rings. The Balaban J connectivity index is 2.00. The first-order valence-corrected chi connectivity index (χ1v) is 6.76. The molecule has 7 heteroatoms. The predicted octanol–water partition coefficient (Wildman–Crippen LogP) is 3.97. The van der Waals surface area contributed by atoms with E-state index in [0.717, 1.165) is 6.07 Å². The maximum atomic E-state index is 13.8. The van der Waals surface area contributed by atoms with E-state index >= 15 is 0 Å². The zero-order valence-corrected chi connectivity index (χ0v) is 12.0. The number of halogens is 4. The second kappa shape index (κ2) is 5.07. The van der Waals surface area contributed by atoms with Gasteiger partial charge in [-0.2, -0.15) is 0 Å². The van der Waals surface area contributed by atoms with Gasteiger partial charge >= 0.3 is 0 Å². The molecule has 1 amide bonds. The quantitative estimate of drug-likeness (QED) is 0.854. The van der Waals surface area contributed by atoms with Crippen LogP contribution in [0.4, 0.5) is 24.5 Å². The number of rotatable bonds is 2. The molecular formula is C14H8BrF3N2O. The number of amides is 1. The van der Waals surface area contributed by atoms with Gasteiger partial charge in [0.2, 0.25) is 0 Å². The first-order valence-electron chi connectivity index (χ1n) is 5.97. The fourth-order valence-corrected chi connectivity index (χ4v) is 2.72. The largest absolute Gasteiger partial charge is 0.367 e. The van der Waals surface area contributed by atoms with Gasteiger partial charge in [0, 0.05) is 21.8 Å². The third-order valence-electron chi connectivity index (χ3n) is 3.14. The van der Waals surface area contributed by atoms with Crippen LogP contribution in [0.1, 0.15) is 11.6 Å². The van der Waals surface area contributed by atoms with Gasteiger partial charge in [-0.15, -0.1) is 0 Å². The molecule has 108 valence electrons. The Kier molecular flexibility index (Phi) is 3.36. The molecule has 1 unspecified atom stereocenters. The lowest BCUT2D eigenvalue weighted by atomic mass is 10.1. The fourth-order valence-electron chi connectivity index (χ4n) is 2.20. The van der Waals surface area contributed by atoms with Crippen LogP contribution in [-0.2, 0) is 4.79 Å². The maximum absolute atomic E-state index is 13.8. The normalized spacial score (nSPS) is 16.6. The van der Waals surface area contributed by atoms with Crippen molar-refractivity contribution in [1.82, 2.24) is 0 Å². The van der Waals surface area contributed by atoms with Crippen LogP contribution in [0.3, 0.4) is 0 Å². The predicted molar refractivity (Wildman–Crippen MR) is 75.5 cm³/mol. The summed E-state index contributed by atoms with van der Waals surface area (Å²) in [6, 6.07) is 4.67. The van der Waals surface area contributed by atoms with Crippen molar-refractivity contribution < 1.29 is 18.0 Å². The first-order chi connectivity index (χ1) is 9.95. The fraction of sp³-hybridized carbons (Fsp3) is 0.0714. The molecule has 0 radical (unpaired) electrons. The Morgan fingerprint density at radius 2 is 1.86 bits per heavy atom. The Morgan fingerprint density at radius 3 is 2.57 bits per heavy atom. The van der Waals surface area contributed by atoms with Gasteiger partial charge in [-0.05, 0) is 40.2 Å². The third kappa shape index (κ3) is 2.49. The molecule has 1 heterocycles. The minimum Gasteiger partial charge on any atom is -0.367 e. The van der Waals surface area contributed by atoms with Gasteiger partial charge in [0.15, 0.2) is 0 Å². The van der Waals surface area contributed by atoms with Crippen molar-refractivity contribution in [3.8, 4) is 0 Å². The van der Waals surface area contributed by atoms with E-state index in [1.807, 2.05) is 0 Å². The monoisotopic (exact) mass is 356 g/mol. The van der Waals surface area contributed by atoms with Crippen molar-refractivity contribution in [1.29, 1.82) is 0 Å². The number of anilines is 2. The zero-order chi connectivity index (χ0) is 15.1. The number of hydrogen-bond donors (Lipinski definition) is 2. The summed E-state index contributed by atoms with van der Waals surface area (Å²) in [6.07, 6.45) is 0. The minimum absolute atomic E-state index is 0.0614. The summed E-state index contributed by atoms with van der Waals surface area (Å²) in [7, 11) is 0. The van der Waals surface area contributed by atoms with Gasteiger partial charge in [0.25, 0.3) is 5.91 Å². The van der Waals surface area contributed by atoms with Crippen molar-refractivity contribution in [2.75, 3.05) is 10.6 Å². The second-order valence-corrected chi connectivity index (χ2v) is 5.40. The average molecular weight is 357 g/mol. The molecule has 21 heavy (non-hydrogen) atoms. The Bertz CT molecular complexity index is 728. The molecule has 3 rings (SSSR count). The lowest BCUT2D eigenvalue weighted by Crippen LogP contribution is -2.20. The van der Waals surface area contributed by atoms with Gasteiger partial charge in [-0.1, -0.05) is 0 Å². The highest BCUT2D eigenvalue weighted by Gasteiger charge is 2.32. The number of carbonyl (C=O) groups is 1. The van der Waals surface area contributed by atoms with Gasteiger partial charge in [-0.3, -0.25) is 4.79 Å². The van der Waals surface area contributed by atoms with Crippen LogP contribution in [0, 0.1) is 17.5 Å². The van der Waals surface area contributed by atoms with Crippen LogP contribution in [0.2, 0.25) is 0 Å². The third-order valence-corrected chi connectivity index (χ3v) is 3.77. The van der Waals surface area contributed by atoms with Gasteiger partial charge in [0.1, 0.15) is 23.5 Å². The van der Waals surface area contributed by atoms with Crippen LogP contribution in [-0.4, -0.2) is 5.91 Å². The van der Waals surface area contributed by atoms with Crippen LogP contribution < -0.4 is 10.6 Å². The van der Waals surface area contributed by atoms with Gasteiger partial charge in [0.05, 0.1) is 5.69 Å². The van der Waals surface area contributed by atoms with E-state index in [9.17, 15) is 18.0 Å². The minimum atomic E-state index is -0.952. The highest BCUT2D eigenvalue weighted by atomic mass is 79.9. The van der Waals surface area contributed by atoms with E-state index in [4.69, 9.17) is 0 Å². The van der Waals surface area contributed by atoms with Crippen LogP contribution in [0.15, 0.2) is 34.8 Å². The summed E-state index contributed by atoms with van der Waals surface area (Å²) < 4.78 is 40.3. The highest BCUT2D eigenvalue weighted by Crippen LogP contribution is 2.36. The molecule has 0 aliphatic carbocycles. The molecule has 1 aliphatic heterocycles. The maximum Gasteiger partial charge on any atom is 0.251 e. The SMILES string of the molecule is O=C1Nc2ccc(F)cc2C1Nc1c(F)cc(F)cc1Br. The second-order valence-electron chi connectivity index (χ2n) is 4.54. The Hall–Kier alpha value is -2.02. The average Bonchev–Trinajstić information content (AvgIpc) is 2.69. The summed E-state index contributed by atoms with van der Waals surface area (Å²) in [4.78, 5) is 11.9. The van der Waals surface area contributed by atoms with Crippen LogP contribution in [0.25, 0.3) is 0 Å². The Morgan fingerprint density at radius 1 is 1.10 bits per heavy atom. The number of fused-ring (bicyclic) bond motifs is 1. The molecular weight excluding hydrogens is 349 g/mol. The van der Waals surface area contributed by atoms with E-state index in [1.165, 1.54) is 18.2 Å². The molecule has 0 saturated heterocycles. The summed E-state index contributed by atoms with van der Waals surface area (Å²) in [5.74, 6) is -2.53. The lowest BCUT2D eigenvalue weighted by molar-refractivity contribution is -0.116. The zero-order valence-electron chi connectivity index (χ0n) is 10.4. The molecule has 2 aromatic carbocycles. The van der Waals surface area contributed by atoms with Crippen LogP contribution >= 0.6 is 15.9 Å². The van der Waals surface area contributed by atoms with Crippen molar-refractivity contribution in [3.63, 3.8) is 0 Å². The van der Waals surface area contributed by atoms with E-state index < -0.39 is 29.4 Å². The number of hydrogen-bond acceptors (Lipinski definition) is 2. The molecule has 0 bridgehead atoms. The van der Waals surface area contributed by atoms with Crippen molar-refractivity contribution in [3.05, 3.63) is 57.8 Å². The molecule has 0 fully saturated rings. The number of benzene rings is 2. The molecule has 3 nitrogen and oxygen atoms in total. The Labute approximate surface area is 126 Å². The topological polar surface area (TPSA) is 41.1 Å².